The maximum Gasteiger partial charge on any atom is 0.263 e. The highest BCUT2D eigenvalue weighted by molar-refractivity contribution is 7.12. The van der Waals surface area contributed by atoms with Crippen molar-refractivity contribution in [3.05, 3.63) is 52.5 Å². The van der Waals surface area contributed by atoms with Crippen molar-refractivity contribution in [2.45, 2.75) is 19.4 Å². The predicted octanol–water partition coefficient (Wildman–Crippen LogP) is 2.90. The fourth-order valence-corrected chi connectivity index (χ4v) is 4.70. The third-order valence-corrected chi connectivity index (χ3v) is 6.35. The van der Waals surface area contributed by atoms with E-state index in [0.717, 1.165) is 63.7 Å². The van der Waals surface area contributed by atoms with E-state index >= 15 is 0 Å². The Bertz CT molecular complexity index is 712. The number of piperidine rings is 1. The first-order chi connectivity index (χ1) is 12.7. The van der Waals surface area contributed by atoms with Crippen LogP contribution in [-0.4, -0.2) is 60.1 Å². The molecule has 0 aromatic carbocycles. The average Bonchev–Trinajstić information content (AvgIpc) is 3.14. The van der Waals surface area contributed by atoms with Crippen LogP contribution in [0.3, 0.4) is 0 Å². The first kappa shape index (κ1) is 17.6. The molecule has 0 saturated carbocycles. The van der Waals surface area contributed by atoms with Gasteiger partial charge >= 0.3 is 0 Å². The monoisotopic (exact) mass is 371 g/mol. The largest absolute Gasteiger partial charge is 0.379 e. The average molecular weight is 372 g/mol. The molecule has 0 bridgehead atoms. The van der Waals surface area contributed by atoms with Gasteiger partial charge in [0.05, 0.1) is 18.1 Å². The highest BCUT2D eigenvalue weighted by Crippen LogP contribution is 2.35. The van der Waals surface area contributed by atoms with Gasteiger partial charge in [0, 0.05) is 50.5 Å². The van der Waals surface area contributed by atoms with Gasteiger partial charge in [-0.3, -0.25) is 14.7 Å². The van der Waals surface area contributed by atoms with Gasteiger partial charge in [0.15, 0.2) is 0 Å². The molecule has 4 heterocycles. The Balaban J connectivity index is 1.39. The second-order valence-electron chi connectivity index (χ2n) is 7.39. The summed E-state index contributed by atoms with van der Waals surface area (Å²) < 4.78 is 5.97. The zero-order valence-corrected chi connectivity index (χ0v) is 15.8. The molecule has 26 heavy (non-hydrogen) atoms. The Morgan fingerprint density at radius 2 is 2.12 bits per heavy atom. The molecule has 2 aliphatic rings. The number of nitrogens with zero attached hydrogens (tertiary/aromatic N) is 3. The van der Waals surface area contributed by atoms with Crippen LogP contribution in [0.5, 0.6) is 0 Å². The minimum Gasteiger partial charge on any atom is -0.379 e. The third-order valence-electron chi connectivity index (χ3n) is 5.49. The van der Waals surface area contributed by atoms with E-state index in [1.54, 1.807) is 0 Å². The van der Waals surface area contributed by atoms with Gasteiger partial charge in [-0.25, -0.2) is 0 Å². The summed E-state index contributed by atoms with van der Waals surface area (Å²) in [5.74, 6) is 0.177. The van der Waals surface area contributed by atoms with E-state index in [4.69, 9.17) is 4.74 Å². The predicted molar refractivity (Wildman–Crippen MR) is 102 cm³/mol. The highest BCUT2D eigenvalue weighted by Gasteiger charge is 2.39. The van der Waals surface area contributed by atoms with E-state index in [1.807, 2.05) is 40.9 Å². The normalized spacial score (nSPS) is 20.8. The van der Waals surface area contributed by atoms with Gasteiger partial charge in [0.25, 0.3) is 5.91 Å². The van der Waals surface area contributed by atoms with Crippen LogP contribution in [-0.2, 0) is 11.3 Å². The molecule has 0 N–H and O–H groups in total. The Kier molecular flexibility index (Phi) is 5.33. The Morgan fingerprint density at radius 3 is 2.85 bits per heavy atom. The number of hydrogen-bond acceptors (Lipinski definition) is 5. The smallest absolute Gasteiger partial charge is 0.263 e. The molecule has 0 aliphatic carbocycles. The van der Waals surface area contributed by atoms with Crippen molar-refractivity contribution < 1.29 is 9.53 Å². The summed E-state index contributed by atoms with van der Waals surface area (Å²) in [6.45, 7) is 6.12. The minimum absolute atomic E-state index is 0.158. The van der Waals surface area contributed by atoms with Crippen molar-refractivity contribution in [2.24, 2.45) is 5.41 Å². The summed E-state index contributed by atoms with van der Waals surface area (Å²) in [6, 6.07) is 7.99. The summed E-state index contributed by atoms with van der Waals surface area (Å²) >= 11 is 1.53. The number of pyridine rings is 1. The number of rotatable bonds is 3. The second-order valence-corrected chi connectivity index (χ2v) is 8.34. The van der Waals surface area contributed by atoms with Gasteiger partial charge in [-0.1, -0.05) is 12.1 Å². The third kappa shape index (κ3) is 3.98. The van der Waals surface area contributed by atoms with E-state index in [9.17, 15) is 4.79 Å². The molecule has 2 aromatic rings. The van der Waals surface area contributed by atoms with Crippen LogP contribution in [0.4, 0.5) is 0 Å². The molecule has 0 radical (unpaired) electrons. The molecule has 2 aromatic heterocycles. The van der Waals surface area contributed by atoms with Crippen LogP contribution in [0.25, 0.3) is 0 Å². The van der Waals surface area contributed by atoms with Gasteiger partial charge in [-0.15, -0.1) is 11.3 Å². The van der Waals surface area contributed by atoms with Crippen LogP contribution in [0, 0.1) is 5.41 Å². The molecule has 138 valence electrons. The molecule has 2 aliphatic heterocycles. The van der Waals surface area contributed by atoms with Crippen molar-refractivity contribution >= 4 is 17.2 Å². The molecule has 1 amide bonds. The van der Waals surface area contributed by atoms with Crippen LogP contribution >= 0.6 is 11.3 Å². The molecule has 6 heteroatoms. The number of amides is 1. The van der Waals surface area contributed by atoms with Gasteiger partial charge in [-0.2, -0.15) is 0 Å². The Labute approximate surface area is 158 Å². The van der Waals surface area contributed by atoms with Crippen LogP contribution in [0.2, 0.25) is 0 Å². The molecule has 5 nitrogen and oxygen atoms in total. The lowest BCUT2D eigenvalue weighted by atomic mass is 9.78. The van der Waals surface area contributed by atoms with E-state index < -0.39 is 0 Å². The van der Waals surface area contributed by atoms with E-state index in [-0.39, 0.29) is 11.3 Å². The SMILES string of the molecule is O=C(c1cccs1)N1CCC2(CC1)COCCN(Cc1cccnc1)C2. The number of hydrogen-bond donors (Lipinski definition) is 0. The summed E-state index contributed by atoms with van der Waals surface area (Å²) in [5, 5.41) is 1.97. The van der Waals surface area contributed by atoms with Crippen LogP contribution in [0.1, 0.15) is 28.1 Å². The minimum atomic E-state index is 0.158. The first-order valence-electron chi connectivity index (χ1n) is 9.26. The Morgan fingerprint density at radius 1 is 1.23 bits per heavy atom. The molecular weight excluding hydrogens is 346 g/mol. The van der Waals surface area contributed by atoms with E-state index in [2.05, 4.69) is 16.0 Å². The molecule has 4 rings (SSSR count). The first-order valence-corrected chi connectivity index (χ1v) is 10.1. The maximum absolute atomic E-state index is 12.6. The summed E-state index contributed by atoms with van der Waals surface area (Å²) in [4.78, 5) is 22.2. The number of aromatic nitrogens is 1. The van der Waals surface area contributed by atoms with Crippen molar-refractivity contribution in [2.75, 3.05) is 39.4 Å². The second kappa shape index (κ2) is 7.86. The number of ether oxygens (including phenoxy) is 1. The summed E-state index contributed by atoms with van der Waals surface area (Å²) in [5.41, 5.74) is 1.40. The molecule has 0 atom stereocenters. The number of carbonyl (C=O) groups is 1. The zero-order valence-electron chi connectivity index (χ0n) is 15.0. The molecular formula is C20H25N3O2S. The Hall–Kier alpha value is -1.76. The van der Waals surface area contributed by atoms with E-state index in [0.29, 0.717) is 0 Å². The summed E-state index contributed by atoms with van der Waals surface area (Å²) in [6.07, 6.45) is 5.78. The lowest BCUT2D eigenvalue weighted by Crippen LogP contribution is -2.48. The lowest BCUT2D eigenvalue weighted by molar-refractivity contribution is 0.0147. The number of likely N-dealkylation sites (tertiary alicyclic amines) is 1. The fourth-order valence-electron chi connectivity index (χ4n) is 4.01. The maximum atomic E-state index is 12.6. The van der Waals surface area contributed by atoms with Crippen molar-refractivity contribution in [1.29, 1.82) is 0 Å². The molecule has 2 fully saturated rings. The van der Waals surface area contributed by atoms with Gasteiger partial charge in [0.2, 0.25) is 0 Å². The number of thiophene rings is 1. The van der Waals surface area contributed by atoms with Crippen LogP contribution < -0.4 is 0 Å². The quantitative estimate of drug-likeness (QED) is 0.832. The van der Waals surface area contributed by atoms with Gasteiger partial charge < -0.3 is 9.64 Å². The summed E-state index contributed by atoms with van der Waals surface area (Å²) in [7, 11) is 0. The topological polar surface area (TPSA) is 45.7 Å². The molecule has 2 saturated heterocycles. The van der Waals surface area contributed by atoms with Crippen molar-refractivity contribution in [1.82, 2.24) is 14.8 Å². The molecule has 1 spiro atoms. The lowest BCUT2D eigenvalue weighted by Gasteiger charge is -2.42. The zero-order chi connectivity index (χ0) is 17.8. The number of carbonyl (C=O) groups excluding carboxylic acids is 1. The van der Waals surface area contributed by atoms with Crippen molar-refractivity contribution in [3.8, 4) is 0 Å². The van der Waals surface area contributed by atoms with Gasteiger partial charge in [0.1, 0.15) is 0 Å². The van der Waals surface area contributed by atoms with Gasteiger partial charge in [-0.05, 0) is 35.9 Å². The highest BCUT2D eigenvalue weighted by atomic mass is 32.1. The van der Waals surface area contributed by atoms with Crippen molar-refractivity contribution in [3.63, 3.8) is 0 Å². The van der Waals surface area contributed by atoms with E-state index in [1.165, 1.54) is 16.9 Å². The molecule has 0 unspecified atom stereocenters. The van der Waals surface area contributed by atoms with Crippen LogP contribution in [0.15, 0.2) is 42.0 Å². The fraction of sp³-hybridized carbons (Fsp3) is 0.500. The standard InChI is InChI=1S/C20H25N3O2S/c24-19(18-4-2-12-26-18)23-8-5-20(6-9-23)15-22(10-11-25-16-20)14-17-3-1-7-21-13-17/h1-4,7,12-13H,5-6,8-11,14-16H2.